The van der Waals surface area contributed by atoms with E-state index in [1.807, 2.05) is 6.07 Å². The Labute approximate surface area is 157 Å². The fourth-order valence-electron chi connectivity index (χ4n) is 1.99. The molecule has 0 bridgehead atoms. The molecular formula is C17H9Cl2FN4S. The van der Waals surface area contributed by atoms with Gasteiger partial charge in [0.15, 0.2) is 10.7 Å². The minimum absolute atomic E-state index is 0.0459. The van der Waals surface area contributed by atoms with Crippen molar-refractivity contribution in [2.24, 2.45) is 5.10 Å². The van der Waals surface area contributed by atoms with Crippen LogP contribution in [0.15, 0.2) is 52.9 Å². The van der Waals surface area contributed by atoms with Crippen LogP contribution >= 0.6 is 34.5 Å². The molecule has 1 N–H and O–H groups in total. The van der Waals surface area contributed by atoms with Gasteiger partial charge in [-0.15, -0.1) is 11.3 Å². The average molecular weight is 391 g/mol. The Morgan fingerprint density at radius 1 is 1.24 bits per heavy atom. The van der Waals surface area contributed by atoms with Crippen molar-refractivity contribution in [1.82, 2.24) is 4.98 Å². The van der Waals surface area contributed by atoms with Crippen LogP contribution in [0.5, 0.6) is 0 Å². The summed E-state index contributed by atoms with van der Waals surface area (Å²) < 4.78 is 13.6. The van der Waals surface area contributed by atoms with Crippen molar-refractivity contribution >= 4 is 45.9 Å². The summed E-state index contributed by atoms with van der Waals surface area (Å²) in [6.07, 6.45) is 0. The maximum atomic E-state index is 13.6. The summed E-state index contributed by atoms with van der Waals surface area (Å²) in [5.41, 5.74) is 4.07. The van der Waals surface area contributed by atoms with Gasteiger partial charge in [-0.05, 0) is 30.3 Å². The van der Waals surface area contributed by atoms with Crippen molar-refractivity contribution in [3.63, 3.8) is 0 Å². The van der Waals surface area contributed by atoms with Gasteiger partial charge < -0.3 is 0 Å². The second-order valence-electron chi connectivity index (χ2n) is 4.83. The third kappa shape index (κ3) is 3.97. The maximum Gasteiger partial charge on any atom is 0.196 e. The number of rotatable bonds is 4. The molecule has 3 aromatic rings. The standard InChI is InChI=1S/C17H9Cl2FN4S/c18-10-5-6-11(12(19)7-10)16-9-25-17(22-16)15(8-21)24-23-14-4-2-1-3-13(14)20/h1-7,9,23H/b24-15-. The second kappa shape index (κ2) is 7.62. The zero-order valence-electron chi connectivity index (χ0n) is 12.5. The average Bonchev–Trinajstić information content (AvgIpc) is 3.06. The number of nitriles is 1. The first kappa shape index (κ1) is 17.4. The van der Waals surface area contributed by atoms with Crippen LogP contribution in [0.3, 0.4) is 0 Å². The predicted molar refractivity (Wildman–Crippen MR) is 99.7 cm³/mol. The summed E-state index contributed by atoms with van der Waals surface area (Å²) in [6, 6.07) is 13.1. The molecule has 0 radical (unpaired) electrons. The van der Waals surface area contributed by atoms with Gasteiger partial charge in [0.25, 0.3) is 0 Å². The maximum absolute atomic E-state index is 13.6. The molecule has 0 saturated carbocycles. The fourth-order valence-corrected chi connectivity index (χ4v) is 3.25. The first-order chi connectivity index (χ1) is 12.1. The number of benzene rings is 2. The molecule has 0 fully saturated rings. The molecule has 124 valence electrons. The highest BCUT2D eigenvalue weighted by atomic mass is 35.5. The quantitative estimate of drug-likeness (QED) is 0.466. The molecule has 25 heavy (non-hydrogen) atoms. The molecule has 0 aliphatic rings. The molecule has 8 heteroatoms. The number of nitrogens with zero attached hydrogens (tertiary/aromatic N) is 3. The first-order valence-electron chi connectivity index (χ1n) is 6.98. The number of thiazole rings is 1. The highest BCUT2D eigenvalue weighted by molar-refractivity contribution is 7.12. The lowest BCUT2D eigenvalue weighted by Gasteiger charge is -2.02. The highest BCUT2D eigenvalue weighted by Crippen LogP contribution is 2.31. The fraction of sp³-hybridized carbons (Fsp3) is 0. The molecule has 4 nitrogen and oxygen atoms in total. The van der Waals surface area contributed by atoms with Crippen LogP contribution in [0.2, 0.25) is 10.0 Å². The number of halogens is 3. The Morgan fingerprint density at radius 2 is 2.04 bits per heavy atom. The van der Waals surface area contributed by atoms with E-state index in [-0.39, 0.29) is 11.4 Å². The van der Waals surface area contributed by atoms with E-state index < -0.39 is 5.82 Å². The number of hydrogen-bond donors (Lipinski definition) is 1. The molecule has 0 aliphatic carbocycles. The van der Waals surface area contributed by atoms with Gasteiger partial charge in [-0.25, -0.2) is 9.37 Å². The largest absolute Gasteiger partial charge is 0.274 e. The van der Waals surface area contributed by atoms with E-state index in [4.69, 9.17) is 23.2 Å². The number of hydrogen-bond acceptors (Lipinski definition) is 5. The normalized spacial score (nSPS) is 11.2. The number of hydrazone groups is 1. The van der Waals surface area contributed by atoms with E-state index in [2.05, 4.69) is 15.5 Å². The van der Waals surface area contributed by atoms with Crippen LogP contribution in [0.4, 0.5) is 10.1 Å². The molecule has 3 rings (SSSR count). The molecule has 0 spiro atoms. The zero-order valence-corrected chi connectivity index (χ0v) is 14.8. The summed E-state index contributed by atoms with van der Waals surface area (Å²) in [5.74, 6) is -0.462. The molecule has 1 heterocycles. The Morgan fingerprint density at radius 3 is 2.76 bits per heavy atom. The van der Waals surface area contributed by atoms with Gasteiger partial charge in [-0.3, -0.25) is 5.43 Å². The van der Waals surface area contributed by atoms with Crippen molar-refractivity contribution in [2.75, 3.05) is 5.43 Å². The lowest BCUT2D eigenvalue weighted by molar-refractivity contribution is 0.630. The topological polar surface area (TPSA) is 61.1 Å². The van der Waals surface area contributed by atoms with Gasteiger partial charge in [0.2, 0.25) is 0 Å². The van der Waals surface area contributed by atoms with Crippen LogP contribution in [-0.4, -0.2) is 10.7 Å². The molecule has 0 amide bonds. The van der Waals surface area contributed by atoms with Gasteiger partial charge >= 0.3 is 0 Å². The van der Waals surface area contributed by atoms with Gasteiger partial charge in [0.05, 0.1) is 16.4 Å². The smallest absolute Gasteiger partial charge is 0.196 e. The molecule has 0 aliphatic heterocycles. The van der Waals surface area contributed by atoms with Crippen molar-refractivity contribution < 1.29 is 4.39 Å². The minimum atomic E-state index is -0.462. The van der Waals surface area contributed by atoms with Gasteiger partial charge in [-0.1, -0.05) is 35.3 Å². The van der Waals surface area contributed by atoms with Gasteiger partial charge in [0.1, 0.15) is 11.9 Å². The van der Waals surface area contributed by atoms with E-state index in [9.17, 15) is 9.65 Å². The molecular weight excluding hydrogens is 382 g/mol. The van der Waals surface area contributed by atoms with Crippen LogP contribution in [0, 0.1) is 17.1 Å². The molecule has 0 unspecified atom stereocenters. The van der Waals surface area contributed by atoms with E-state index in [1.54, 1.807) is 35.7 Å². The Hall–Kier alpha value is -2.46. The first-order valence-corrected chi connectivity index (χ1v) is 8.61. The van der Waals surface area contributed by atoms with E-state index in [0.717, 1.165) is 0 Å². The van der Waals surface area contributed by atoms with Gasteiger partial charge in [-0.2, -0.15) is 10.4 Å². The zero-order chi connectivity index (χ0) is 17.8. The molecule has 0 saturated heterocycles. The lowest BCUT2D eigenvalue weighted by atomic mass is 10.2. The summed E-state index contributed by atoms with van der Waals surface area (Å²) in [5, 5.41) is 16.4. The van der Waals surface area contributed by atoms with Crippen LogP contribution in [0.25, 0.3) is 11.3 Å². The summed E-state index contributed by atoms with van der Waals surface area (Å²) in [6.45, 7) is 0. The Balaban J connectivity index is 1.88. The van der Waals surface area contributed by atoms with Crippen LogP contribution in [-0.2, 0) is 0 Å². The Kier molecular flexibility index (Phi) is 5.29. The van der Waals surface area contributed by atoms with Crippen molar-refractivity contribution in [1.29, 1.82) is 5.26 Å². The summed E-state index contributed by atoms with van der Waals surface area (Å²) >= 11 is 13.3. The summed E-state index contributed by atoms with van der Waals surface area (Å²) in [4.78, 5) is 4.38. The second-order valence-corrected chi connectivity index (χ2v) is 6.53. The van der Waals surface area contributed by atoms with Crippen molar-refractivity contribution in [2.45, 2.75) is 0 Å². The molecule has 2 aromatic carbocycles. The van der Waals surface area contributed by atoms with E-state index in [0.29, 0.717) is 26.3 Å². The van der Waals surface area contributed by atoms with Crippen molar-refractivity contribution in [3.05, 3.63) is 68.7 Å². The van der Waals surface area contributed by atoms with E-state index in [1.165, 1.54) is 23.5 Å². The number of nitrogens with one attached hydrogen (secondary N) is 1. The highest BCUT2D eigenvalue weighted by Gasteiger charge is 2.13. The lowest BCUT2D eigenvalue weighted by Crippen LogP contribution is -2.02. The summed E-state index contributed by atoms with van der Waals surface area (Å²) in [7, 11) is 0. The van der Waals surface area contributed by atoms with Crippen LogP contribution < -0.4 is 5.43 Å². The third-order valence-corrected chi connectivity index (χ3v) is 4.58. The number of aromatic nitrogens is 1. The van der Waals surface area contributed by atoms with Crippen molar-refractivity contribution in [3.8, 4) is 17.3 Å². The minimum Gasteiger partial charge on any atom is -0.274 e. The molecule has 1 aromatic heterocycles. The number of anilines is 1. The molecule has 0 atom stereocenters. The SMILES string of the molecule is N#C/C(=N/Nc1ccccc1F)c1nc(-c2ccc(Cl)cc2Cl)cs1. The monoisotopic (exact) mass is 390 g/mol. The number of para-hydroxylation sites is 1. The van der Waals surface area contributed by atoms with E-state index >= 15 is 0 Å². The van der Waals surface area contributed by atoms with Gasteiger partial charge in [0, 0.05) is 16.0 Å². The third-order valence-electron chi connectivity index (χ3n) is 3.18. The van der Waals surface area contributed by atoms with Crippen LogP contribution in [0.1, 0.15) is 5.01 Å². The predicted octanol–water partition coefficient (Wildman–Crippen LogP) is 5.60. The Bertz CT molecular complexity index is 994.